The van der Waals surface area contributed by atoms with Gasteiger partial charge in [-0.05, 0) is 24.0 Å². The maximum Gasteiger partial charge on any atom is 0.282 e. The molecule has 7 heteroatoms. The first-order chi connectivity index (χ1) is 11.1. The van der Waals surface area contributed by atoms with Crippen molar-refractivity contribution in [1.29, 1.82) is 0 Å². The van der Waals surface area contributed by atoms with Gasteiger partial charge in [0.2, 0.25) is 0 Å². The van der Waals surface area contributed by atoms with Crippen LogP contribution in [0.2, 0.25) is 0 Å². The summed E-state index contributed by atoms with van der Waals surface area (Å²) < 4.78 is 39.9. The molecular formula is C16H24N2O4S. The van der Waals surface area contributed by atoms with Crippen molar-refractivity contribution >= 4 is 10.2 Å². The van der Waals surface area contributed by atoms with Crippen molar-refractivity contribution in [3.05, 3.63) is 35.4 Å². The minimum absolute atomic E-state index is 0.147. The van der Waals surface area contributed by atoms with Gasteiger partial charge >= 0.3 is 0 Å². The Kier molecular flexibility index (Phi) is 5.33. The molecule has 0 unspecified atom stereocenters. The molecule has 1 atom stereocenters. The predicted molar refractivity (Wildman–Crippen MR) is 87.3 cm³/mol. The van der Waals surface area contributed by atoms with Crippen LogP contribution in [0, 0.1) is 0 Å². The number of nitrogens with zero attached hydrogens (tertiary/aromatic N) is 2. The number of methoxy groups -OCH3 is 1. The highest BCUT2D eigenvalue weighted by Crippen LogP contribution is 2.25. The van der Waals surface area contributed by atoms with Gasteiger partial charge in [0.05, 0.1) is 19.3 Å². The van der Waals surface area contributed by atoms with E-state index in [0.717, 1.165) is 12.0 Å². The van der Waals surface area contributed by atoms with Gasteiger partial charge in [0.25, 0.3) is 10.2 Å². The van der Waals surface area contributed by atoms with E-state index in [9.17, 15) is 8.42 Å². The Morgan fingerprint density at radius 1 is 1.26 bits per heavy atom. The van der Waals surface area contributed by atoms with Crippen LogP contribution in [0.25, 0.3) is 0 Å². The molecule has 0 saturated carbocycles. The Morgan fingerprint density at radius 3 is 2.83 bits per heavy atom. The van der Waals surface area contributed by atoms with E-state index in [1.54, 1.807) is 15.7 Å². The smallest absolute Gasteiger partial charge is 0.282 e. The summed E-state index contributed by atoms with van der Waals surface area (Å²) in [6, 6.07) is 7.91. The third kappa shape index (κ3) is 3.59. The van der Waals surface area contributed by atoms with Crippen LogP contribution < -0.4 is 0 Å². The molecular weight excluding hydrogens is 316 g/mol. The van der Waals surface area contributed by atoms with Gasteiger partial charge in [0.15, 0.2) is 0 Å². The molecule has 23 heavy (non-hydrogen) atoms. The lowest BCUT2D eigenvalue weighted by Crippen LogP contribution is -2.54. The van der Waals surface area contributed by atoms with Crippen LogP contribution in [0.5, 0.6) is 0 Å². The van der Waals surface area contributed by atoms with Crippen LogP contribution in [0.4, 0.5) is 0 Å². The number of morpholine rings is 1. The zero-order chi connectivity index (χ0) is 16.3. The average Bonchev–Trinajstić information content (AvgIpc) is 2.59. The Hall–Kier alpha value is -0.990. The fourth-order valence-electron chi connectivity index (χ4n) is 3.24. The second kappa shape index (κ2) is 7.27. The van der Waals surface area contributed by atoms with Gasteiger partial charge in [-0.3, -0.25) is 0 Å². The Labute approximate surface area is 138 Å². The fourth-order valence-corrected chi connectivity index (χ4v) is 5.01. The van der Waals surface area contributed by atoms with E-state index in [1.165, 1.54) is 5.56 Å². The molecule has 1 saturated heterocycles. The van der Waals surface area contributed by atoms with Gasteiger partial charge in [-0.1, -0.05) is 24.3 Å². The van der Waals surface area contributed by atoms with Crippen molar-refractivity contribution in [2.24, 2.45) is 0 Å². The fraction of sp³-hybridized carbons (Fsp3) is 0.625. The van der Waals surface area contributed by atoms with Crippen molar-refractivity contribution < 1.29 is 17.9 Å². The minimum Gasteiger partial charge on any atom is -0.385 e. The molecule has 2 aliphatic rings. The van der Waals surface area contributed by atoms with Crippen molar-refractivity contribution in [1.82, 2.24) is 8.61 Å². The van der Waals surface area contributed by atoms with Crippen molar-refractivity contribution in [2.45, 2.75) is 25.4 Å². The lowest BCUT2D eigenvalue weighted by molar-refractivity contribution is 0.0175. The highest BCUT2D eigenvalue weighted by molar-refractivity contribution is 7.86. The minimum atomic E-state index is -3.48. The molecule has 1 aromatic carbocycles. The molecule has 2 aliphatic heterocycles. The second-order valence-corrected chi connectivity index (χ2v) is 7.86. The first-order valence-electron chi connectivity index (χ1n) is 8.03. The number of hydrogen-bond donors (Lipinski definition) is 0. The summed E-state index contributed by atoms with van der Waals surface area (Å²) in [5.41, 5.74) is 2.35. The monoisotopic (exact) mass is 340 g/mol. The van der Waals surface area contributed by atoms with Gasteiger partial charge in [0, 0.05) is 33.4 Å². The zero-order valence-electron chi connectivity index (χ0n) is 13.5. The molecule has 1 aromatic rings. The average molecular weight is 340 g/mol. The quantitative estimate of drug-likeness (QED) is 0.803. The SMILES string of the molecule is COCC[C@H]1COCCN1S(=O)(=O)N1CCc2ccccc2C1. The van der Waals surface area contributed by atoms with E-state index in [0.29, 0.717) is 45.9 Å². The van der Waals surface area contributed by atoms with Crippen LogP contribution in [0.15, 0.2) is 24.3 Å². The summed E-state index contributed by atoms with van der Waals surface area (Å²) in [5.74, 6) is 0. The van der Waals surface area contributed by atoms with Crippen LogP contribution >= 0.6 is 0 Å². The number of rotatable bonds is 5. The van der Waals surface area contributed by atoms with Crippen molar-refractivity contribution in [2.75, 3.05) is 40.0 Å². The number of benzene rings is 1. The third-order valence-electron chi connectivity index (χ3n) is 4.55. The lowest BCUT2D eigenvalue weighted by Gasteiger charge is -2.39. The molecule has 0 N–H and O–H groups in total. The van der Waals surface area contributed by atoms with Gasteiger partial charge in [-0.2, -0.15) is 17.0 Å². The molecule has 0 radical (unpaired) electrons. The predicted octanol–water partition coefficient (Wildman–Crippen LogP) is 1.03. The second-order valence-electron chi connectivity index (χ2n) is 5.98. The van der Waals surface area contributed by atoms with Crippen LogP contribution in [0.1, 0.15) is 17.5 Å². The summed E-state index contributed by atoms with van der Waals surface area (Å²) in [6.45, 7) is 2.82. The number of fused-ring (bicyclic) bond motifs is 1. The van der Waals surface area contributed by atoms with Gasteiger partial charge in [-0.25, -0.2) is 0 Å². The van der Waals surface area contributed by atoms with E-state index in [-0.39, 0.29) is 6.04 Å². The molecule has 6 nitrogen and oxygen atoms in total. The van der Waals surface area contributed by atoms with Gasteiger partial charge < -0.3 is 9.47 Å². The maximum atomic E-state index is 13.1. The van der Waals surface area contributed by atoms with E-state index in [4.69, 9.17) is 9.47 Å². The third-order valence-corrected chi connectivity index (χ3v) is 6.58. The molecule has 0 amide bonds. The van der Waals surface area contributed by atoms with Gasteiger partial charge in [-0.15, -0.1) is 0 Å². The molecule has 0 aliphatic carbocycles. The Balaban J connectivity index is 1.77. The number of hydrogen-bond acceptors (Lipinski definition) is 4. The van der Waals surface area contributed by atoms with Crippen molar-refractivity contribution in [3.63, 3.8) is 0 Å². The summed E-state index contributed by atoms with van der Waals surface area (Å²) in [4.78, 5) is 0. The summed E-state index contributed by atoms with van der Waals surface area (Å²) >= 11 is 0. The topological polar surface area (TPSA) is 59.1 Å². The molecule has 0 aromatic heterocycles. The van der Waals surface area contributed by atoms with Crippen LogP contribution in [-0.4, -0.2) is 63.1 Å². The molecule has 0 bridgehead atoms. The van der Waals surface area contributed by atoms with E-state index in [1.807, 2.05) is 18.2 Å². The zero-order valence-corrected chi connectivity index (χ0v) is 14.3. The molecule has 2 heterocycles. The van der Waals surface area contributed by atoms with Crippen LogP contribution in [-0.2, 0) is 32.6 Å². The molecule has 3 rings (SSSR count). The molecule has 1 fully saturated rings. The largest absolute Gasteiger partial charge is 0.385 e. The highest BCUT2D eigenvalue weighted by atomic mass is 32.2. The first-order valence-corrected chi connectivity index (χ1v) is 9.43. The standard InChI is InChI=1S/C16H24N2O4S/c1-21-10-7-16-13-22-11-9-18(16)23(19,20)17-8-6-14-4-2-3-5-15(14)12-17/h2-5,16H,6-13H2,1H3/t16-/m0/s1. The summed E-state index contributed by atoms with van der Waals surface area (Å²) in [5, 5.41) is 0. The number of ether oxygens (including phenoxy) is 2. The summed E-state index contributed by atoms with van der Waals surface area (Å²) in [6.07, 6.45) is 1.42. The van der Waals surface area contributed by atoms with Crippen LogP contribution in [0.3, 0.4) is 0 Å². The normalized spacial score (nSPS) is 23.6. The Morgan fingerprint density at radius 2 is 2.04 bits per heavy atom. The first kappa shape index (κ1) is 16.9. The Bertz CT molecular complexity index is 635. The van der Waals surface area contributed by atoms with Crippen molar-refractivity contribution in [3.8, 4) is 0 Å². The van der Waals surface area contributed by atoms with E-state index in [2.05, 4.69) is 6.07 Å². The lowest BCUT2D eigenvalue weighted by atomic mass is 10.0. The highest BCUT2D eigenvalue weighted by Gasteiger charge is 2.37. The van der Waals surface area contributed by atoms with E-state index >= 15 is 0 Å². The van der Waals surface area contributed by atoms with E-state index < -0.39 is 10.2 Å². The molecule has 128 valence electrons. The maximum absolute atomic E-state index is 13.1. The summed E-state index contributed by atoms with van der Waals surface area (Å²) in [7, 11) is -1.85. The molecule has 0 spiro atoms. The van der Waals surface area contributed by atoms with Gasteiger partial charge in [0.1, 0.15) is 0 Å².